The van der Waals surface area contributed by atoms with E-state index in [9.17, 15) is 9.59 Å². The predicted octanol–water partition coefficient (Wildman–Crippen LogP) is 1.58. The van der Waals surface area contributed by atoms with Crippen molar-refractivity contribution in [3.05, 3.63) is 0 Å². The number of nitrogens with one attached hydrogen (secondary N) is 2. The summed E-state index contributed by atoms with van der Waals surface area (Å²) in [5, 5.41) is 5.28. The monoisotopic (exact) mass is 276 g/mol. The van der Waals surface area contributed by atoms with Gasteiger partial charge in [-0.15, -0.1) is 0 Å². The van der Waals surface area contributed by atoms with E-state index in [1.807, 2.05) is 13.8 Å². The van der Waals surface area contributed by atoms with Gasteiger partial charge in [-0.1, -0.05) is 13.8 Å². The van der Waals surface area contributed by atoms with E-state index in [4.69, 9.17) is 4.74 Å². The van der Waals surface area contributed by atoms with Crippen LogP contribution in [0.1, 0.15) is 34.6 Å². The van der Waals surface area contributed by atoms with Crippen molar-refractivity contribution in [3.63, 3.8) is 0 Å². The molecule has 2 amide bonds. The minimum atomic E-state index is -0.597. The Labute approximate surface area is 114 Å². The van der Waals surface area contributed by atoms with Crippen LogP contribution in [0.3, 0.4) is 0 Å². The fourth-order valence-corrected chi connectivity index (χ4v) is 1.37. The molecular formula is C12H24N2O3S. The van der Waals surface area contributed by atoms with E-state index in [0.717, 1.165) is 0 Å². The van der Waals surface area contributed by atoms with Crippen LogP contribution in [0.25, 0.3) is 0 Å². The van der Waals surface area contributed by atoms with Crippen LogP contribution in [0, 0.1) is 5.92 Å². The smallest absolute Gasteiger partial charge is 0.408 e. The van der Waals surface area contributed by atoms with E-state index in [1.54, 1.807) is 20.8 Å². The van der Waals surface area contributed by atoms with Gasteiger partial charge in [0.15, 0.2) is 0 Å². The number of alkyl carbamates (subject to hydrolysis) is 1. The molecule has 0 bridgehead atoms. The van der Waals surface area contributed by atoms with Gasteiger partial charge >= 0.3 is 6.09 Å². The molecule has 0 unspecified atom stereocenters. The second-order valence-electron chi connectivity index (χ2n) is 5.38. The van der Waals surface area contributed by atoms with E-state index in [2.05, 4.69) is 23.3 Å². The Bertz CT molecular complexity index is 288. The number of thiol groups is 1. The second kappa shape index (κ2) is 7.51. The Morgan fingerprint density at radius 1 is 1.28 bits per heavy atom. The maximum Gasteiger partial charge on any atom is 0.408 e. The fraction of sp³-hybridized carbons (Fsp3) is 0.833. The highest BCUT2D eigenvalue weighted by molar-refractivity contribution is 7.80. The molecule has 5 nitrogen and oxygen atoms in total. The summed E-state index contributed by atoms with van der Waals surface area (Å²) in [5.74, 6) is 0.325. The molecule has 0 radical (unpaired) electrons. The summed E-state index contributed by atoms with van der Waals surface area (Å²) in [4.78, 5) is 23.5. The number of hydrogen-bond donors (Lipinski definition) is 3. The molecule has 0 aliphatic heterocycles. The molecule has 0 heterocycles. The van der Waals surface area contributed by atoms with Gasteiger partial charge < -0.3 is 15.4 Å². The van der Waals surface area contributed by atoms with E-state index >= 15 is 0 Å². The SMILES string of the molecule is CC(C)[C@H](NC(=O)OC(C)(C)C)C(=O)NCCS. The molecule has 0 fully saturated rings. The molecule has 0 aromatic heterocycles. The molecule has 18 heavy (non-hydrogen) atoms. The van der Waals surface area contributed by atoms with Crippen LogP contribution in [0.5, 0.6) is 0 Å². The van der Waals surface area contributed by atoms with Crippen molar-refractivity contribution in [1.82, 2.24) is 10.6 Å². The highest BCUT2D eigenvalue weighted by Gasteiger charge is 2.26. The van der Waals surface area contributed by atoms with Crippen molar-refractivity contribution in [1.29, 1.82) is 0 Å². The van der Waals surface area contributed by atoms with Gasteiger partial charge in [-0.3, -0.25) is 4.79 Å². The molecule has 2 N–H and O–H groups in total. The molecule has 0 aliphatic rings. The minimum Gasteiger partial charge on any atom is -0.444 e. The molecule has 6 heteroatoms. The Morgan fingerprint density at radius 3 is 2.22 bits per heavy atom. The van der Waals surface area contributed by atoms with Crippen LogP contribution in [0.2, 0.25) is 0 Å². The molecule has 0 aliphatic carbocycles. The van der Waals surface area contributed by atoms with Crippen molar-refractivity contribution < 1.29 is 14.3 Å². The quantitative estimate of drug-likeness (QED) is 0.668. The average Bonchev–Trinajstić information content (AvgIpc) is 2.19. The van der Waals surface area contributed by atoms with Crippen LogP contribution in [-0.2, 0) is 9.53 Å². The molecule has 0 saturated heterocycles. The first kappa shape index (κ1) is 17.1. The molecule has 106 valence electrons. The van der Waals surface area contributed by atoms with Gasteiger partial charge in [-0.25, -0.2) is 4.79 Å². The summed E-state index contributed by atoms with van der Waals surface area (Å²) < 4.78 is 5.13. The van der Waals surface area contributed by atoms with E-state index in [1.165, 1.54) is 0 Å². The van der Waals surface area contributed by atoms with Gasteiger partial charge in [0.2, 0.25) is 5.91 Å². The van der Waals surface area contributed by atoms with E-state index in [0.29, 0.717) is 12.3 Å². The lowest BCUT2D eigenvalue weighted by molar-refractivity contribution is -0.124. The van der Waals surface area contributed by atoms with Crippen molar-refractivity contribution in [2.45, 2.75) is 46.3 Å². The molecular weight excluding hydrogens is 252 g/mol. The number of amides is 2. The lowest BCUT2D eigenvalue weighted by Crippen LogP contribution is -2.51. The Kier molecular flexibility index (Phi) is 7.13. The van der Waals surface area contributed by atoms with E-state index < -0.39 is 17.7 Å². The van der Waals surface area contributed by atoms with Crippen molar-refractivity contribution in [2.75, 3.05) is 12.3 Å². The van der Waals surface area contributed by atoms with Crippen LogP contribution in [0.4, 0.5) is 4.79 Å². The second-order valence-corrected chi connectivity index (χ2v) is 5.83. The zero-order valence-corrected chi connectivity index (χ0v) is 12.6. The number of carbonyl (C=O) groups is 2. The molecule has 0 saturated carbocycles. The van der Waals surface area contributed by atoms with Crippen LogP contribution in [-0.4, -0.2) is 35.9 Å². The summed E-state index contributed by atoms with van der Waals surface area (Å²) in [6.07, 6.45) is -0.581. The first-order valence-corrected chi connectivity index (χ1v) is 6.68. The Morgan fingerprint density at radius 2 is 1.83 bits per heavy atom. The largest absolute Gasteiger partial charge is 0.444 e. The lowest BCUT2D eigenvalue weighted by Gasteiger charge is -2.25. The number of rotatable bonds is 5. The van der Waals surface area contributed by atoms with Crippen LogP contribution >= 0.6 is 12.6 Å². The zero-order chi connectivity index (χ0) is 14.3. The molecule has 0 aromatic rings. The highest BCUT2D eigenvalue weighted by atomic mass is 32.1. The molecule has 0 spiro atoms. The summed E-state index contributed by atoms with van der Waals surface area (Å²) in [6.45, 7) is 9.53. The third kappa shape index (κ3) is 7.42. The first-order valence-electron chi connectivity index (χ1n) is 6.05. The normalized spacial score (nSPS) is 13.1. The number of ether oxygens (including phenoxy) is 1. The number of hydrogen-bond acceptors (Lipinski definition) is 4. The Hall–Kier alpha value is -0.910. The topological polar surface area (TPSA) is 67.4 Å². The zero-order valence-electron chi connectivity index (χ0n) is 11.7. The van der Waals surface area contributed by atoms with Crippen molar-refractivity contribution in [3.8, 4) is 0 Å². The fourth-order valence-electron chi connectivity index (χ4n) is 1.26. The number of carbonyl (C=O) groups excluding carboxylic acids is 2. The summed E-state index contributed by atoms with van der Waals surface area (Å²) in [5.41, 5.74) is -0.576. The average molecular weight is 276 g/mol. The van der Waals surface area contributed by atoms with Gasteiger partial charge in [0.25, 0.3) is 0 Å². The highest BCUT2D eigenvalue weighted by Crippen LogP contribution is 2.08. The molecule has 0 aromatic carbocycles. The maximum atomic E-state index is 11.8. The van der Waals surface area contributed by atoms with Crippen molar-refractivity contribution in [2.24, 2.45) is 5.92 Å². The van der Waals surface area contributed by atoms with Crippen molar-refractivity contribution >= 4 is 24.6 Å². The van der Waals surface area contributed by atoms with E-state index in [-0.39, 0.29) is 11.8 Å². The summed E-state index contributed by atoms with van der Waals surface area (Å²) in [7, 11) is 0. The molecule has 1 atom stereocenters. The van der Waals surface area contributed by atoms with Gasteiger partial charge in [0.1, 0.15) is 11.6 Å². The Balaban J connectivity index is 4.45. The lowest BCUT2D eigenvalue weighted by atomic mass is 10.0. The minimum absolute atomic E-state index is 0.0163. The van der Waals surface area contributed by atoms with Gasteiger partial charge in [0, 0.05) is 12.3 Å². The first-order chi connectivity index (χ1) is 8.17. The standard InChI is InChI=1S/C12H24N2O3S/c1-8(2)9(10(15)13-6-7-18)14-11(16)17-12(3,4)5/h8-9,18H,6-7H2,1-5H3,(H,13,15)(H,14,16)/t9-/m0/s1. The van der Waals surface area contributed by atoms with Crippen LogP contribution < -0.4 is 10.6 Å². The summed E-state index contributed by atoms with van der Waals surface area (Å²) >= 11 is 4.01. The molecule has 0 rings (SSSR count). The van der Waals surface area contributed by atoms with Crippen LogP contribution in [0.15, 0.2) is 0 Å². The maximum absolute atomic E-state index is 11.8. The van der Waals surface area contributed by atoms with Gasteiger partial charge in [-0.2, -0.15) is 12.6 Å². The van der Waals surface area contributed by atoms with Gasteiger partial charge in [-0.05, 0) is 26.7 Å². The third-order valence-corrected chi connectivity index (χ3v) is 2.26. The third-order valence-electron chi connectivity index (χ3n) is 2.03. The van der Waals surface area contributed by atoms with Gasteiger partial charge in [0.05, 0.1) is 0 Å². The predicted molar refractivity (Wildman–Crippen MR) is 74.9 cm³/mol. The summed E-state index contributed by atoms with van der Waals surface area (Å²) in [6, 6.07) is -0.597.